The maximum absolute atomic E-state index is 12.5. The number of pyridine rings is 1. The van der Waals surface area contributed by atoms with Crippen LogP contribution < -0.4 is 5.73 Å². The monoisotopic (exact) mass is 315 g/mol. The van der Waals surface area contributed by atoms with Gasteiger partial charge in [-0.25, -0.2) is 4.98 Å². The van der Waals surface area contributed by atoms with E-state index in [1.54, 1.807) is 17.0 Å². The minimum Gasteiger partial charge on any atom is -0.384 e. The average Bonchev–Trinajstić information content (AvgIpc) is 2.48. The fourth-order valence-corrected chi connectivity index (χ4v) is 1.90. The standard InChI is InChI=1S/C14H22ClN3O3/c1-3-20-9-7-18(8-10-21-4-2)14(19)13-11(15)5-6-12(16)17-13/h5-6H,3-4,7-10H2,1-2H3,(H2,16,17). The van der Waals surface area contributed by atoms with E-state index < -0.39 is 0 Å². The molecule has 0 aliphatic heterocycles. The highest BCUT2D eigenvalue weighted by molar-refractivity contribution is 6.33. The number of halogens is 1. The molecule has 1 aromatic heterocycles. The van der Waals surface area contributed by atoms with Crippen molar-refractivity contribution in [1.29, 1.82) is 0 Å². The first-order valence-corrected chi connectivity index (χ1v) is 7.34. The summed E-state index contributed by atoms with van der Waals surface area (Å²) in [7, 11) is 0. The van der Waals surface area contributed by atoms with Gasteiger partial charge in [0.15, 0.2) is 0 Å². The summed E-state index contributed by atoms with van der Waals surface area (Å²) < 4.78 is 10.6. The lowest BCUT2D eigenvalue weighted by Crippen LogP contribution is -2.37. The number of amides is 1. The maximum Gasteiger partial charge on any atom is 0.274 e. The van der Waals surface area contributed by atoms with Crippen LogP contribution in [-0.4, -0.2) is 55.3 Å². The topological polar surface area (TPSA) is 77.7 Å². The van der Waals surface area contributed by atoms with Crippen LogP contribution in [0.4, 0.5) is 5.82 Å². The quantitative estimate of drug-likeness (QED) is 0.703. The molecule has 21 heavy (non-hydrogen) atoms. The average molecular weight is 316 g/mol. The maximum atomic E-state index is 12.5. The molecular weight excluding hydrogens is 294 g/mol. The first kappa shape index (κ1) is 17.7. The predicted molar refractivity (Wildman–Crippen MR) is 82.5 cm³/mol. The van der Waals surface area contributed by atoms with E-state index >= 15 is 0 Å². The lowest BCUT2D eigenvalue weighted by molar-refractivity contribution is 0.0545. The molecule has 0 spiro atoms. The van der Waals surface area contributed by atoms with Gasteiger partial charge in [0.1, 0.15) is 11.5 Å². The van der Waals surface area contributed by atoms with E-state index in [1.807, 2.05) is 13.8 Å². The number of carbonyl (C=O) groups excluding carboxylic acids is 1. The number of anilines is 1. The molecule has 0 radical (unpaired) electrons. The molecule has 0 bridgehead atoms. The number of ether oxygens (including phenoxy) is 2. The van der Waals surface area contributed by atoms with Crippen molar-refractivity contribution in [2.24, 2.45) is 0 Å². The Bertz CT molecular complexity index is 447. The zero-order chi connectivity index (χ0) is 15.7. The Labute approximate surface area is 130 Å². The van der Waals surface area contributed by atoms with Crippen LogP contribution in [0, 0.1) is 0 Å². The summed E-state index contributed by atoms with van der Waals surface area (Å²) in [6, 6.07) is 3.13. The second-order valence-electron chi connectivity index (χ2n) is 4.25. The molecule has 1 aromatic rings. The number of hydrogen-bond donors (Lipinski definition) is 1. The Kier molecular flexibility index (Phi) is 8.04. The smallest absolute Gasteiger partial charge is 0.274 e. The Hall–Kier alpha value is -1.37. The second kappa shape index (κ2) is 9.55. The molecular formula is C14H22ClN3O3. The van der Waals surface area contributed by atoms with E-state index in [0.29, 0.717) is 39.5 Å². The number of nitrogen functional groups attached to an aromatic ring is 1. The summed E-state index contributed by atoms with van der Waals surface area (Å²) in [4.78, 5) is 18.2. The van der Waals surface area contributed by atoms with Gasteiger partial charge in [0.25, 0.3) is 5.91 Å². The van der Waals surface area contributed by atoms with Gasteiger partial charge in [-0.15, -0.1) is 0 Å². The molecule has 6 nitrogen and oxygen atoms in total. The third kappa shape index (κ3) is 5.87. The van der Waals surface area contributed by atoms with Crippen molar-refractivity contribution >= 4 is 23.3 Å². The van der Waals surface area contributed by atoms with E-state index in [9.17, 15) is 4.79 Å². The van der Waals surface area contributed by atoms with Crippen LogP contribution in [0.25, 0.3) is 0 Å². The summed E-state index contributed by atoms with van der Waals surface area (Å²) >= 11 is 6.03. The van der Waals surface area contributed by atoms with Gasteiger partial charge in [0.2, 0.25) is 0 Å². The van der Waals surface area contributed by atoms with E-state index in [0.717, 1.165) is 0 Å². The van der Waals surface area contributed by atoms with E-state index in [4.69, 9.17) is 26.8 Å². The van der Waals surface area contributed by atoms with Crippen molar-refractivity contribution in [3.05, 3.63) is 22.8 Å². The van der Waals surface area contributed by atoms with Crippen LogP contribution in [-0.2, 0) is 9.47 Å². The van der Waals surface area contributed by atoms with Crippen molar-refractivity contribution in [1.82, 2.24) is 9.88 Å². The van der Waals surface area contributed by atoms with Crippen LogP contribution >= 0.6 is 11.6 Å². The van der Waals surface area contributed by atoms with Crippen LogP contribution in [0.5, 0.6) is 0 Å². The Balaban J connectivity index is 2.79. The summed E-state index contributed by atoms with van der Waals surface area (Å²) in [6.45, 7) is 6.82. The summed E-state index contributed by atoms with van der Waals surface area (Å²) in [5.74, 6) is -0.0102. The second-order valence-corrected chi connectivity index (χ2v) is 4.66. The van der Waals surface area contributed by atoms with E-state index in [2.05, 4.69) is 4.98 Å². The number of nitrogens with two attached hydrogens (primary N) is 1. The number of hydrogen-bond acceptors (Lipinski definition) is 5. The lowest BCUT2D eigenvalue weighted by Gasteiger charge is -2.22. The Morgan fingerprint density at radius 3 is 2.33 bits per heavy atom. The van der Waals surface area contributed by atoms with Crippen molar-refractivity contribution < 1.29 is 14.3 Å². The van der Waals surface area contributed by atoms with Gasteiger partial charge in [-0.1, -0.05) is 11.6 Å². The highest BCUT2D eigenvalue weighted by atomic mass is 35.5. The summed E-state index contributed by atoms with van der Waals surface area (Å²) in [5.41, 5.74) is 5.78. The minimum atomic E-state index is -0.272. The van der Waals surface area contributed by atoms with Crippen LogP contribution in [0.3, 0.4) is 0 Å². The molecule has 1 rings (SSSR count). The number of carbonyl (C=O) groups is 1. The van der Waals surface area contributed by atoms with E-state index in [1.165, 1.54) is 0 Å². The third-order valence-corrected chi connectivity index (χ3v) is 3.08. The van der Waals surface area contributed by atoms with Crippen molar-refractivity contribution in [3.8, 4) is 0 Å². The van der Waals surface area contributed by atoms with Crippen molar-refractivity contribution in [2.75, 3.05) is 45.3 Å². The van der Waals surface area contributed by atoms with Gasteiger partial charge in [0.05, 0.1) is 18.2 Å². The minimum absolute atomic E-state index is 0.157. The molecule has 7 heteroatoms. The fourth-order valence-electron chi connectivity index (χ4n) is 1.71. The number of nitrogens with zero attached hydrogens (tertiary/aromatic N) is 2. The van der Waals surface area contributed by atoms with Crippen molar-refractivity contribution in [2.45, 2.75) is 13.8 Å². The SMILES string of the molecule is CCOCCN(CCOCC)C(=O)c1nc(N)ccc1Cl. The molecule has 1 heterocycles. The highest BCUT2D eigenvalue weighted by Gasteiger charge is 2.20. The number of aromatic nitrogens is 1. The molecule has 0 fully saturated rings. The van der Waals surface area contributed by atoms with Gasteiger partial charge in [0, 0.05) is 26.3 Å². The van der Waals surface area contributed by atoms with Gasteiger partial charge in [-0.2, -0.15) is 0 Å². The summed E-state index contributed by atoms with van der Waals surface area (Å²) in [6.07, 6.45) is 0. The first-order valence-electron chi connectivity index (χ1n) is 6.96. The third-order valence-electron chi connectivity index (χ3n) is 2.78. The highest BCUT2D eigenvalue weighted by Crippen LogP contribution is 2.17. The van der Waals surface area contributed by atoms with Crippen LogP contribution in [0.15, 0.2) is 12.1 Å². The van der Waals surface area contributed by atoms with E-state index in [-0.39, 0.29) is 22.4 Å². The van der Waals surface area contributed by atoms with Crippen LogP contribution in [0.1, 0.15) is 24.3 Å². The molecule has 118 valence electrons. The summed E-state index contributed by atoms with van der Waals surface area (Å²) in [5, 5.41) is 0.284. The largest absolute Gasteiger partial charge is 0.384 e. The van der Waals surface area contributed by atoms with Gasteiger partial charge >= 0.3 is 0 Å². The Morgan fingerprint density at radius 2 is 1.81 bits per heavy atom. The zero-order valence-corrected chi connectivity index (χ0v) is 13.2. The Morgan fingerprint density at radius 1 is 1.24 bits per heavy atom. The van der Waals surface area contributed by atoms with Crippen LogP contribution in [0.2, 0.25) is 5.02 Å². The van der Waals surface area contributed by atoms with Gasteiger partial charge in [-0.3, -0.25) is 4.79 Å². The molecule has 1 amide bonds. The normalized spacial score (nSPS) is 10.6. The molecule has 0 saturated carbocycles. The zero-order valence-electron chi connectivity index (χ0n) is 12.5. The molecule has 0 aromatic carbocycles. The molecule has 0 unspecified atom stereocenters. The molecule has 0 aliphatic rings. The first-order chi connectivity index (χ1) is 10.1. The number of rotatable bonds is 9. The fraction of sp³-hybridized carbons (Fsp3) is 0.571. The predicted octanol–water partition coefficient (Wildman–Crippen LogP) is 1.83. The van der Waals surface area contributed by atoms with Crippen molar-refractivity contribution in [3.63, 3.8) is 0 Å². The lowest BCUT2D eigenvalue weighted by atomic mass is 10.3. The molecule has 0 aliphatic carbocycles. The van der Waals surface area contributed by atoms with Gasteiger partial charge < -0.3 is 20.1 Å². The molecule has 0 atom stereocenters. The molecule has 2 N–H and O–H groups in total. The van der Waals surface area contributed by atoms with Gasteiger partial charge in [-0.05, 0) is 26.0 Å². The molecule has 0 saturated heterocycles.